The number of hydrogen-bond donors (Lipinski definition) is 4. The molecule has 0 saturated carbocycles. The molecule has 0 fully saturated rings. The number of carbonyl (C=O) groups is 6. The number of carboxylic acids is 4. The average molecular weight is 599 g/mol. The minimum atomic E-state index is -1.73. The van der Waals surface area contributed by atoms with Crippen LogP contribution in [0.25, 0.3) is 0 Å². The summed E-state index contributed by atoms with van der Waals surface area (Å²) in [6.45, 7) is 13.2. The molecule has 0 aromatic heterocycles. The van der Waals surface area contributed by atoms with Gasteiger partial charge >= 0.3 is 35.8 Å². The van der Waals surface area contributed by atoms with Crippen molar-refractivity contribution in [3.63, 3.8) is 0 Å². The van der Waals surface area contributed by atoms with E-state index in [0.717, 1.165) is 24.3 Å². The molecule has 228 valence electrons. The Morgan fingerprint density at radius 2 is 0.907 bits per heavy atom. The van der Waals surface area contributed by atoms with E-state index in [1.807, 2.05) is 0 Å². The van der Waals surface area contributed by atoms with Crippen LogP contribution in [-0.4, -0.2) is 69.5 Å². The fraction of sp³-hybridized carbons (Fsp3) is 0.267. The van der Waals surface area contributed by atoms with E-state index in [9.17, 15) is 49.2 Å². The largest absolute Gasteiger partial charge is 0.478 e. The Bertz CT molecular complexity index is 1420. The van der Waals surface area contributed by atoms with Crippen LogP contribution in [-0.2, 0) is 14.2 Å². The zero-order valence-corrected chi connectivity index (χ0v) is 23.8. The van der Waals surface area contributed by atoms with Crippen LogP contribution in [0.4, 0.5) is 0 Å². The van der Waals surface area contributed by atoms with Crippen molar-refractivity contribution in [2.24, 2.45) is 0 Å². The summed E-state index contributed by atoms with van der Waals surface area (Å²) in [5, 5.41) is 39.2. The number of esters is 2. The minimum absolute atomic E-state index is 0.0619. The zero-order chi connectivity index (χ0) is 32.8. The van der Waals surface area contributed by atoms with E-state index in [0.29, 0.717) is 11.1 Å². The van der Waals surface area contributed by atoms with Gasteiger partial charge in [-0.2, -0.15) is 0 Å². The molecule has 0 heterocycles. The van der Waals surface area contributed by atoms with Gasteiger partial charge in [0.1, 0.15) is 0 Å². The molecule has 43 heavy (non-hydrogen) atoms. The molecular formula is C30H30O13. The highest BCUT2D eigenvalue weighted by Gasteiger charge is 2.33. The maximum Gasteiger partial charge on any atom is 0.346 e. The van der Waals surface area contributed by atoms with Crippen molar-refractivity contribution in [2.45, 2.75) is 39.9 Å². The standard InChI is InChI=1S/C30H30O13/c1-13(2)11-41-15(5)21-17(25(31)32)7-9-19(23(21)27(35)36)29(39)43-30(40)20-10-8-18(26(33)34)22(24(20)28(37)38)16(6)42-12-14(3)4/h7-10,15-16H,1,3,11-12H2,2,4-6H3,(H,31,32)(H,33,34)(H,35,36)(H,37,38). The highest BCUT2D eigenvalue weighted by Crippen LogP contribution is 2.32. The third kappa shape index (κ3) is 7.99. The van der Waals surface area contributed by atoms with Crippen LogP contribution in [0.2, 0.25) is 0 Å². The van der Waals surface area contributed by atoms with Gasteiger partial charge in [0, 0.05) is 11.1 Å². The second-order valence-corrected chi connectivity index (χ2v) is 9.62. The number of ether oxygens (including phenoxy) is 3. The molecule has 0 radical (unpaired) electrons. The molecule has 13 heteroatoms. The van der Waals surface area contributed by atoms with Gasteiger partial charge in [-0.1, -0.05) is 24.3 Å². The lowest BCUT2D eigenvalue weighted by Gasteiger charge is -2.21. The molecule has 0 aliphatic heterocycles. The molecule has 2 unspecified atom stereocenters. The third-order valence-corrected chi connectivity index (χ3v) is 5.98. The van der Waals surface area contributed by atoms with Gasteiger partial charge in [-0.25, -0.2) is 28.8 Å². The summed E-state index contributed by atoms with van der Waals surface area (Å²) in [6, 6.07) is 3.55. The summed E-state index contributed by atoms with van der Waals surface area (Å²) < 4.78 is 15.9. The van der Waals surface area contributed by atoms with E-state index < -0.39 is 81.4 Å². The summed E-state index contributed by atoms with van der Waals surface area (Å²) in [5.74, 6) is -9.57. The summed E-state index contributed by atoms with van der Waals surface area (Å²) in [4.78, 5) is 74.6. The molecular weight excluding hydrogens is 568 g/mol. The van der Waals surface area contributed by atoms with Crippen LogP contribution in [0.3, 0.4) is 0 Å². The first kappa shape index (κ1) is 34.1. The SMILES string of the molecule is C=C(C)COC(C)c1c(C(=O)O)ccc(C(=O)OC(=O)c2ccc(C(=O)O)c(C(C)OCC(=C)C)c2C(=O)O)c1C(=O)O. The smallest absolute Gasteiger partial charge is 0.346 e. The Labute approximate surface area is 245 Å². The normalized spacial score (nSPS) is 12.1. The zero-order valence-electron chi connectivity index (χ0n) is 23.8. The predicted molar refractivity (Wildman–Crippen MR) is 149 cm³/mol. The first-order valence-corrected chi connectivity index (χ1v) is 12.5. The van der Waals surface area contributed by atoms with Crippen molar-refractivity contribution in [1.82, 2.24) is 0 Å². The van der Waals surface area contributed by atoms with Crippen LogP contribution in [0.5, 0.6) is 0 Å². The van der Waals surface area contributed by atoms with E-state index in [2.05, 4.69) is 13.2 Å². The Balaban J connectivity index is 2.67. The number of aromatic carboxylic acids is 4. The number of carboxylic acid groups (broad SMARTS) is 4. The van der Waals surface area contributed by atoms with Gasteiger partial charge in [0.15, 0.2) is 0 Å². The fourth-order valence-corrected chi connectivity index (χ4v) is 4.15. The second kappa shape index (κ2) is 14.2. The van der Waals surface area contributed by atoms with Gasteiger partial charge in [0.2, 0.25) is 0 Å². The van der Waals surface area contributed by atoms with Gasteiger partial charge < -0.3 is 34.6 Å². The van der Waals surface area contributed by atoms with Crippen molar-refractivity contribution < 1.29 is 63.4 Å². The van der Waals surface area contributed by atoms with Crippen molar-refractivity contribution in [3.05, 3.63) is 93.1 Å². The van der Waals surface area contributed by atoms with Crippen LogP contribution in [0.15, 0.2) is 48.6 Å². The first-order chi connectivity index (χ1) is 20.0. The monoisotopic (exact) mass is 598 g/mol. The summed E-state index contributed by atoms with van der Waals surface area (Å²) in [5.41, 5.74) is -3.71. The van der Waals surface area contributed by atoms with E-state index in [1.54, 1.807) is 13.8 Å². The number of rotatable bonds is 14. The Morgan fingerprint density at radius 3 is 1.16 bits per heavy atom. The van der Waals surface area contributed by atoms with Crippen LogP contribution in [0, 0.1) is 0 Å². The predicted octanol–water partition coefficient (Wildman–Crippen LogP) is 4.78. The van der Waals surface area contributed by atoms with Gasteiger partial charge in [-0.3, -0.25) is 0 Å². The van der Waals surface area contributed by atoms with Crippen molar-refractivity contribution in [3.8, 4) is 0 Å². The Hall–Kier alpha value is -5.14. The molecule has 4 N–H and O–H groups in total. The lowest BCUT2D eigenvalue weighted by Crippen LogP contribution is -2.23. The molecule has 0 amide bonds. The molecule has 0 aliphatic carbocycles. The van der Waals surface area contributed by atoms with Crippen LogP contribution < -0.4 is 0 Å². The third-order valence-electron chi connectivity index (χ3n) is 5.98. The van der Waals surface area contributed by atoms with Gasteiger partial charge in [-0.05, 0) is 52.0 Å². The quantitative estimate of drug-likeness (QED) is 0.131. The van der Waals surface area contributed by atoms with E-state index in [1.165, 1.54) is 13.8 Å². The molecule has 2 aromatic carbocycles. The number of benzene rings is 2. The number of hydrogen-bond acceptors (Lipinski definition) is 9. The molecule has 13 nitrogen and oxygen atoms in total. The highest BCUT2D eigenvalue weighted by molar-refractivity contribution is 6.12. The van der Waals surface area contributed by atoms with Crippen LogP contribution in [0.1, 0.15) is 113 Å². The molecule has 0 aliphatic rings. The second-order valence-electron chi connectivity index (χ2n) is 9.62. The lowest BCUT2D eigenvalue weighted by atomic mass is 9.91. The van der Waals surface area contributed by atoms with Crippen molar-refractivity contribution in [1.29, 1.82) is 0 Å². The first-order valence-electron chi connectivity index (χ1n) is 12.5. The van der Waals surface area contributed by atoms with Gasteiger partial charge in [0.25, 0.3) is 0 Å². The summed E-state index contributed by atoms with van der Waals surface area (Å²) >= 11 is 0. The Morgan fingerprint density at radius 1 is 0.605 bits per heavy atom. The van der Waals surface area contributed by atoms with Gasteiger partial charge in [0.05, 0.1) is 58.8 Å². The Kier molecular flexibility index (Phi) is 11.2. The van der Waals surface area contributed by atoms with E-state index in [4.69, 9.17) is 14.2 Å². The van der Waals surface area contributed by atoms with Gasteiger partial charge in [-0.15, -0.1) is 0 Å². The van der Waals surface area contributed by atoms with Crippen molar-refractivity contribution >= 4 is 35.8 Å². The topological polar surface area (TPSA) is 211 Å². The molecule has 0 saturated heterocycles. The summed E-state index contributed by atoms with van der Waals surface area (Å²) in [7, 11) is 0. The molecule has 2 rings (SSSR count). The van der Waals surface area contributed by atoms with E-state index >= 15 is 0 Å². The molecule has 2 aromatic rings. The van der Waals surface area contributed by atoms with E-state index in [-0.39, 0.29) is 24.3 Å². The molecule has 2 atom stereocenters. The maximum atomic E-state index is 13.1. The average Bonchev–Trinajstić information content (AvgIpc) is 2.92. The lowest BCUT2D eigenvalue weighted by molar-refractivity contribution is 0.0381. The summed E-state index contributed by atoms with van der Waals surface area (Å²) in [6.07, 6.45) is -2.33. The molecule has 0 spiro atoms. The highest BCUT2D eigenvalue weighted by atomic mass is 16.6. The van der Waals surface area contributed by atoms with Crippen LogP contribution >= 0.6 is 0 Å². The maximum absolute atomic E-state index is 13.1. The molecule has 0 bridgehead atoms. The fourth-order valence-electron chi connectivity index (χ4n) is 4.15. The van der Waals surface area contributed by atoms with Crippen molar-refractivity contribution in [2.75, 3.05) is 13.2 Å². The number of carbonyl (C=O) groups excluding carboxylic acids is 2. The minimum Gasteiger partial charge on any atom is -0.478 e.